The predicted molar refractivity (Wildman–Crippen MR) is 76.6 cm³/mol. The number of hydrogen-bond acceptors (Lipinski definition) is 5. The minimum absolute atomic E-state index is 0.344. The fourth-order valence-corrected chi connectivity index (χ4v) is 1.92. The molecule has 0 bridgehead atoms. The van der Waals surface area contributed by atoms with Crippen molar-refractivity contribution in [1.82, 2.24) is 0 Å². The summed E-state index contributed by atoms with van der Waals surface area (Å²) in [5, 5.41) is 0. The van der Waals surface area contributed by atoms with Gasteiger partial charge in [-0.15, -0.1) is 0 Å². The Labute approximate surface area is 114 Å². The van der Waals surface area contributed by atoms with Crippen LogP contribution in [0.5, 0.6) is 0 Å². The molecule has 5 nitrogen and oxygen atoms in total. The molecule has 1 aromatic carbocycles. The van der Waals surface area contributed by atoms with E-state index in [0.717, 1.165) is 18.7 Å². The van der Waals surface area contributed by atoms with Crippen molar-refractivity contribution in [3.63, 3.8) is 0 Å². The minimum Gasteiger partial charge on any atom is -0.462 e. The van der Waals surface area contributed by atoms with E-state index in [1.54, 1.807) is 32.2 Å². The number of nitrogens with two attached hydrogens (primary N) is 1. The first-order chi connectivity index (χ1) is 9.11. The van der Waals surface area contributed by atoms with Gasteiger partial charge in [-0.25, -0.2) is 4.79 Å². The normalized spacial score (nSPS) is 10.3. The standard InChI is InChI=1S/C14H22N2O3/c1-4-19-14(17)11-7-5-8-12(15)13(11)16(2)9-6-10-18-3/h5,7-8H,4,6,9-10,15H2,1-3H3. The Kier molecular flexibility index (Phi) is 6.15. The van der Waals surface area contributed by atoms with Crippen LogP contribution in [0.4, 0.5) is 11.4 Å². The van der Waals surface area contributed by atoms with E-state index in [9.17, 15) is 4.79 Å². The van der Waals surface area contributed by atoms with Crippen LogP contribution in [-0.4, -0.2) is 39.9 Å². The fraction of sp³-hybridized carbons (Fsp3) is 0.500. The number of benzene rings is 1. The second-order valence-electron chi connectivity index (χ2n) is 4.23. The van der Waals surface area contributed by atoms with Crippen molar-refractivity contribution >= 4 is 17.3 Å². The van der Waals surface area contributed by atoms with Crippen LogP contribution < -0.4 is 10.6 Å². The quantitative estimate of drug-likeness (QED) is 0.464. The van der Waals surface area contributed by atoms with Crippen molar-refractivity contribution in [3.05, 3.63) is 23.8 Å². The van der Waals surface area contributed by atoms with Gasteiger partial charge in [-0.1, -0.05) is 6.07 Å². The van der Waals surface area contributed by atoms with Crippen molar-refractivity contribution in [3.8, 4) is 0 Å². The van der Waals surface area contributed by atoms with E-state index in [-0.39, 0.29) is 5.97 Å². The van der Waals surface area contributed by atoms with Crippen LogP contribution in [0, 0.1) is 0 Å². The van der Waals surface area contributed by atoms with Crippen LogP contribution >= 0.6 is 0 Å². The van der Waals surface area contributed by atoms with E-state index < -0.39 is 0 Å². The Balaban J connectivity index is 2.93. The highest BCUT2D eigenvalue weighted by atomic mass is 16.5. The van der Waals surface area contributed by atoms with Crippen LogP contribution in [0.2, 0.25) is 0 Å². The summed E-state index contributed by atoms with van der Waals surface area (Å²) < 4.78 is 10.1. The zero-order chi connectivity index (χ0) is 14.3. The topological polar surface area (TPSA) is 64.8 Å². The van der Waals surface area contributed by atoms with Gasteiger partial charge in [-0.3, -0.25) is 0 Å². The van der Waals surface area contributed by atoms with Crippen molar-refractivity contribution in [2.24, 2.45) is 0 Å². The third kappa shape index (κ3) is 4.13. The Bertz CT molecular complexity index is 421. The molecule has 0 fully saturated rings. The maximum atomic E-state index is 11.9. The zero-order valence-electron chi connectivity index (χ0n) is 11.8. The molecule has 0 atom stereocenters. The number of carbonyl (C=O) groups is 1. The average molecular weight is 266 g/mol. The van der Waals surface area contributed by atoms with Gasteiger partial charge in [0.2, 0.25) is 0 Å². The Morgan fingerprint density at radius 2 is 2.16 bits per heavy atom. The molecule has 106 valence electrons. The molecule has 0 aliphatic heterocycles. The summed E-state index contributed by atoms with van der Waals surface area (Å²) in [6.07, 6.45) is 0.865. The summed E-state index contributed by atoms with van der Waals surface area (Å²) in [7, 11) is 3.57. The molecular weight excluding hydrogens is 244 g/mol. The van der Waals surface area contributed by atoms with E-state index in [1.807, 2.05) is 11.9 Å². The van der Waals surface area contributed by atoms with Crippen molar-refractivity contribution < 1.29 is 14.3 Å². The molecule has 0 saturated heterocycles. The van der Waals surface area contributed by atoms with Crippen LogP contribution in [-0.2, 0) is 9.47 Å². The number of nitrogen functional groups attached to an aromatic ring is 1. The second-order valence-corrected chi connectivity index (χ2v) is 4.23. The number of hydrogen-bond donors (Lipinski definition) is 1. The summed E-state index contributed by atoms with van der Waals surface area (Å²) in [5.41, 5.74) is 7.78. The summed E-state index contributed by atoms with van der Waals surface area (Å²) >= 11 is 0. The van der Waals surface area contributed by atoms with E-state index in [1.165, 1.54) is 0 Å². The van der Waals surface area contributed by atoms with Crippen molar-refractivity contribution in [1.29, 1.82) is 0 Å². The van der Waals surface area contributed by atoms with Crippen LogP contribution in [0.3, 0.4) is 0 Å². The number of ether oxygens (including phenoxy) is 2. The molecule has 0 heterocycles. The third-order valence-corrected chi connectivity index (χ3v) is 2.79. The number of carbonyl (C=O) groups excluding carboxylic acids is 1. The molecule has 0 saturated carbocycles. The van der Waals surface area contributed by atoms with Gasteiger partial charge < -0.3 is 20.1 Å². The highest BCUT2D eigenvalue weighted by Gasteiger charge is 2.17. The molecule has 0 radical (unpaired) electrons. The van der Waals surface area contributed by atoms with Gasteiger partial charge in [0.05, 0.1) is 23.5 Å². The van der Waals surface area contributed by atoms with E-state index in [2.05, 4.69) is 0 Å². The van der Waals surface area contributed by atoms with Gasteiger partial charge in [-0.2, -0.15) is 0 Å². The molecule has 1 aromatic rings. The molecule has 0 aliphatic rings. The SMILES string of the molecule is CCOC(=O)c1cccc(N)c1N(C)CCCOC. The lowest BCUT2D eigenvalue weighted by Gasteiger charge is -2.23. The lowest BCUT2D eigenvalue weighted by molar-refractivity contribution is 0.0527. The summed E-state index contributed by atoms with van der Waals surface area (Å²) in [6.45, 7) is 3.56. The average Bonchev–Trinajstić information content (AvgIpc) is 2.38. The van der Waals surface area contributed by atoms with Crippen LogP contribution in [0.1, 0.15) is 23.7 Å². The van der Waals surface area contributed by atoms with Gasteiger partial charge >= 0.3 is 5.97 Å². The number of rotatable bonds is 7. The minimum atomic E-state index is -0.344. The first kappa shape index (κ1) is 15.3. The maximum Gasteiger partial charge on any atom is 0.340 e. The molecular formula is C14H22N2O3. The van der Waals surface area contributed by atoms with Crippen molar-refractivity contribution in [2.75, 3.05) is 44.5 Å². The third-order valence-electron chi connectivity index (χ3n) is 2.79. The number of para-hydroxylation sites is 1. The van der Waals surface area contributed by atoms with Crippen molar-refractivity contribution in [2.45, 2.75) is 13.3 Å². The van der Waals surface area contributed by atoms with Gasteiger partial charge in [0.25, 0.3) is 0 Å². The fourth-order valence-electron chi connectivity index (χ4n) is 1.92. The zero-order valence-corrected chi connectivity index (χ0v) is 11.8. The molecule has 0 amide bonds. The summed E-state index contributed by atoms with van der Waals surface area (Å²) in [4.78, 5) is 13.9. The molecule has 2 N–H and O–H groups in total. The Morgan fingerprint density at radius 3 is 2.79 bits per heavy atom. The molecule has 0 spiro atoms. The predicted octanol–water partition coefficient (Wildman–Crippen LogP) is 1.92. The van der Waals surface area contributed by atoms with Gasteiger partial charge in [-0.05, 0) is 25.5 Å². The van der Waals surface area contributed by atoms with E-state index in [0.29, 0.717) is 24.5 Å². The first-order valence-corrected chi connectivity index (χ1v) is 6.37. The van der Waals surface area contributed by atoms with Crippen LogP contribution in [0.25, 0.3) is 0 Å². The number of methoxy groups -OCH3 is 1. The lowest BCUT2D eigenvalue weighted by atomic mass is 10.1. The Morgan fingerprint density at radius 1 is 1.42 bits per heavy atom. The monoisotopic (exact) mass is 266 g/mol. The van der Waals surface area contributed by atoms with E-state index >= 15 is 0 Å². The number of anilines is 2. The summed E-state index contributed by atoms with van der Waals surface area (Å²) in [6, 6.07) is 5.27. The molecule has 19 heavy (non-hydrogen) atoms. The number of esters is 1. The Hall–Kier alpha value is -1.75. The van der Waals surface area contributed by atoms with Gasteiger partial charge in [0.1, 0.15) is 0 Å². The maximum absolute atomic E-state index is 11.9. The molecule has 0 unspecified atom stereocenters. The smallest absolute Gasteiger partial charge is 0.340 e. The van der Waals surface area contributed by atoms with E-state index in [4.69, 9.17) is 15.2 Å². The van der Waals surface area contributed by atoms with Gasteiger partial charge in [0, 0.05) is 27.3 Å². The highest BCUT2D eigenvalue weighted by molar-refractivity contribution is 5.99. The highest BCUT2D eigenvalue weighted by Crippen LogP contribution is 2.27. The molecule has 5 heteroatoms. The van der Waals surface area contributed by atoms with Gasteiger partial charge in [0.15, 0.2) is 0 Å². The molecule has 1 rings (SSSR count). The number of nitrogens with zero attached hydrogens (tertiary/aromatic N) is 1. The second kappa shape index (κ2) is 7.63. The van der Waals surface area contributed by atoms with Crippen LogP contribution in [0.15, 0.2) is 18.2 Å². The molecule has 0 aliphatic carbocycles. The summed E-state index contributed by atoms with van der Waals surface area (Å²) in [5.74, 6) is -0.344. The first-order valence-electron chi connectivity index (χ1n) is 6.37. The lowest BCUT2D eigenvalue weighted by Crippen LogP contribution is -2.24. The largest absolute Gasteiger partial charge is 0.462 e. The molecule has 0 aromatic heterocycles.